The van der Waals surface area contributed by atoms with Gasteiger partial charge in [0.05, 0.1) is 18.4 Å². The molecule has 9 heteroatoms. The zero-order chi connectivity index (χ0) is 19.8. The van der Waals surface area contributed by atoms with Gasteiger partial charge in [0, 0.05) is 12.6 Å². The molecule has 0 saturated heterocycles. The molecule has 158 valence electrons. The largest absolute Gasteiger partial charge is 0.390 e. The minimum absolute atomic E-state index is 0. The van der Waals surface area contributed by atoms with Crippen molar-refractivity contribution in [2.45, 2.75) is 63.8 Å². The van der Waals surface area contributed by atoms with Crippen LogP contribution in [0.3, 0.4) is 0 Å². The van der Waals surface area contributed by atoms with Gasteiger partial charge in [0.15, 0.2) is 15.8 Å². The molecule has 1 heterocycles. The topological polar surface area (TPSA) is 90.8 Å². The van der Waals surface area contributed by atoms with Crippen molar-refractivity contribution in [2.75, 3.05) is 18.8 Å². The summed E-state index contributed by atoms with van der Waals surface area (Å²) < 4.78 is 24.7. The predicted molar refractivity (Wildman–Crippen MR) is 125 cm³/mol. The van der Waals surface area contributed by atoms with Crippen LogP contribution in [0.2, 0.25) is 0 Å². The molecule has 0 bridgehead atoms. The van der Waals surface area contributed by atoms with Crippen LogP contribution in [-0.4, -0.2) is 50.5 Å². The lowest BCUT2D eigenvalue weighted by molar-refractivity contribution is 0.206. The number of nitrogens with one attached hydrogen (secondary N) is 2. The number of nitrogens with zero attached hydrogens (tertiary/aromatic N) is 1. The quantitative estimate of drug-likeness (QED) is 0.259. The van der Waals surface area contributed by atoms with Crippen LogP contribution >= 0.6 is 35.3 Å². The minimum Gasteiger partial charge on any atom is -0.390 e. The number of hydrogen-bond donors (Lipinski definition) is 3. The van der Waals surface area contributed by atoms with Crippen molar-refractivity contribution < 1.29 is 13.5 Å². The van der Waals surface area contributed by atoms with Crippen LogP contribution in [0.15, 0.2) is 26.7 Å². The van der Waals surface area contributed by atoms with Gasteiger partial charge in [0.25, 0.3) is 0 Å². The molecule has 0 radical (unpaired) electrons. The first-order valence-corrected chi connectivity index (χ1v) is 11.6. The first-order valence-electron chi connectivity index (χ1n) is 9.02. The van der Waals surface area contributed by atoms with Gasteiger partial charge < -0.3 is 15.7 Å². The average Bonchev–Trinajstić information content (AvgIpc) is 3.05. The van der Waals surface area contributed by atoms with Crippen molar-refractivity contribution in [3.63, 3.8) is 0 Å². The molecular formula is C18H34IN3O3S2. The van der Waals surface area contributed by atoms with Crippen molar-refractivity contribution in [3.05, 3.63) is 17.5 Å². The monoisotopic (exact) mass is 531 g/mol. The summed E-state index contributed by atoms with van der Waals surface area (Å²) in [5.41, 5.74) is 0.276. The Balaban J connectivity index is 0.00000676. The summed E-state index contributed by atoms with van der Waals surface area (Å²) in [7, 11) is -3.47. The Labute approximate surface area is 185 Å². The first kappa shape index (κ1) is 26.6. The summed E-state index contributed by atoms with van der Waals surface area (Å²) in [6.45, 7) is 11.4. The van der Waals surface area contributed by atoms with Gasteiger partial charge in [-0.1, -0.05) is 26.8 Å². The normalized spacial score (nSPS) is 15.0. The average molecular weight is 532 g/mol. The highest BCUT2D eigenvalue weighted by molar-refractivity contribution is 14.0. The first-order chi connectivity index (χ1) is 12.0. The molecule has 27 heavy (non-hydrogen) atoms. The molecule has 1 aromatic heterocycles. The Hall–Kier alpha value is -0.390. The molecule has 0 aromatic carbocycles. The van der Waals surface area contributed by atoms with E-state index >= 15 is 0 Å². The highest BCUT2D eigenvalue weighted by atomic mass is 127. The summed E-state index contributed by atoms with van der Waals surface area (Å²) in [4.78, 5) is 4.35. The van der Waals surface area contributed by atoms with Crippen LogP contribution in [-0.2, 0) is 9.84 Å². The second kappa shape index (κ2) is 12.2. The molecule has 0 aliphatic carbocycles. The van der Waals surface area contributed by atoms with Gasteiger partial charge in [-0.3, -0.25) is 4.99 Å². The predicted octanol–water partition coefficient (Wildman–Crippen LogP) is 3.27. The number of halogens is 1. The van der Waals surface area contributed by atoms with E-state index in [2.05, 4.69) is 43.3 Å². The van der Waals surface area contributed by atoms with E-state index in [1.165, 1.54) is 0 Å². The van der Waals surface area contributed by atoms with Gasteiger partial charge in [-0.05, 0) is 43.6 Å². The van der Waals surface area contributed by atoms with Gasteiger partial charge in [-0.2, -0.15) is 0 Å². The van der Waals surface area contributed by atoms with Crippen molar-refractivity contribution >= 4 is 51.1 Å². The molecule has 3 N–H and O–H groups in total. The molecule has 0 spiro atoms. The van der Waals surface area contributed by atoms with Crippen LogP contribution < -0.4 is 10.6 Å². The molecule has 2 atom stereocenters. The Bertz CT molecular complexity index is 656. The molecule has 1 aromatic rings. The Morgan fingerprint density at radius 2 is 2.04 bits per heavy atom. The lowest BCUT2D eigenvalue weighted by Gasteiger charge is -2.23. The fourth-order valence-corrected chi connectivity index (χ4v) is 4.77. The number of aliphatic imine (C=N–C) groups is 1. The van der Waals surface area contributed by atoms with Crippen LogP contribution in [0.1, 0.15) is 47.5 Å². The van der Waals surface area contributed by atoms with Crippen molar-refractivity contribution in [1.82, 2.24) is 10.6 Å². The van der Waals surface area contributed by atoms with E-state index in [1.807, 2.05) is 6.92 Å². The maximum absolute atomic E-state index is 12.2. The fraction of sp³-hybridized carbons (Fsp3) is 0.722. The van der Waals surface area contributed by atoms with Gasteiger partial charge in [0.2, 0.25) is 0 Å². The maximum atomic E-state index is 12.2. The lowest BCUT2D eigenvalue weighted by Crippen LogP contribution is -2.43. The molecule has 6 nitrogen and oxygen atoms in total. The van der Waals surface area contributed by atoms with Crippen molar-refractivity contribution in [2.24, 2.45) is 10.4 Å². The highest BCUT2D eigenvalue weighted by Crippen LogP contribution is 2.21. The SMILES string of the molecule is CCNC(=NCC(O)CS(=O)(=O)c1cccs1)NC(C)CCC(C)(C)C.I. The van der Waals surface area contributed by atoms with Gasteiger partial charge >= 0.3 is 0 Å². The number of aliphatic hydroxyl groups is 1. The minimum atomic E-state index is -3.47. The number of guanidine groups is 1. The van der Waals surface area contributed by atoms with E-state index in [9.17, 15) is 13.5 Å². The van der Waals surface area contributed by atoms with Crippen LogP contribution in [0.5, 0.6) is 0 Å². The zero-order valence-corrected chi connectivity index (χ0v) is 20.8. The third-order valence-electron chi connectivity index (χ3n) is 3.73. The highest BCUT2D eigenvalue weighted by Gasteiger charge is 2.21. The molecule has 0 aliphatic heterocycles. The van der Waals surface area contributed by atoms with Crippen LogP contribution in [0.25, 0.3) is 0 Å². The smallest absolute Gasteiger partial charge is 0.191 e. The van der Waals surface area contributed by atoms with Crippen molar-refractivity contribution in [3.8, 4) is 0 Å². The fourth-order valence-electron chi connectivity index (χ4n) is 2.30. The number of hydrogen-bond acceptors (Lipinski definition) is 5. The van der Waals surface area contributed by atoms with E-state index in [-0.39, 0.29) is 51.9 Å². The van der Waals surface area contributed by atoms with E-state index in [0.717, 1.165) is 24.2 Å². The van der Waals surface area contributed by atoms with Crippen molar-refractivity contribution in [1.29, 1.82) is 0 Å². The third kappa shape index (κ3) is 11.3. The third-order valence-corrected chi connectivity index (χ3v) is 7.01. The Morgan fingerprint density at radius 3 is 2.56 bits per heavy atom. The molecule has 0 saturated carbocycles. The second-order valence-corrected chi connectivity index (χ2v) is 10.9. The summed E-state index contributed by atoms with van der Waals surface area (Å²) in [5.74, 6) is 0.275. The number of sulfone groups is 1. The lowest BCUT2D eigenvalue weighted by atomic mass is 9.89. The zero-order valence-electron chi connectivity index (χ0n) is 16.9. The van der Waals surface area contributed by atoms with E-state index in [1.54, 1.807) is 17.5 Å². The molecule has 2 unspecified atom stereocenters. The van der Waals surface area contributed by atoms with E-state index in [0.29, 0.717) is 12.5 Å². The summed E-state index contributed by atoms with van der Waals surface area (Å²) in [5, 5.41) is 18.3. The van der Waals surface area contributed by atoms with Crippen LogP contribution in [0.4, 0.5) is 0 Å². The summed E-state index contributed by atoms with van der Waals surface area (Å²) in [6, 6.07) is 3.48. The molecule has 0 fully saturated rings. The number of rotatable bonds is 9. The molecule has 1 rings (SSSR count). The van der Waals surface area contributed by atoms with E-state index in [4.69, 9.17) is 0 Å². The number of aliphatic hydroxyl groups excluding tert-OH is 1. The number of thiophene rings is 1. The van der Waals surface area contributed by atoms with Gasteiger partial charge in [-0.25, -0.2) is 8.42 Å². The molecule has 0 amide bonds. The second-order valence-electron chi connectivity index (χ2n) is 7.73. The summed E-state index contributed by atoms with van der Waals surface area (Å²) >= 11 is 1.16. The Kier molecular flexibility index (Phi) is 12.1. The maximum Gasteiger partial charge on any atom is 0.191 e. The van der Waals surface area contributed by atoms with E-state index < -0.39 is 15.9 Å². The molecular weight excluding hydrogens is 497 g/mol. The standard InChI is InChI=1S/C18H33N3O3S2.HI/c1-6-19-17(21-14(2)9-10-18(3,4)5)20-12-15(22)13-26(23,24)16-8-7-11-25-16;/h7-8,11,14-15,22H,6,9-10,12-13H2,1-5H3,(H2,19,20,21);1H. The molecule has 0 aliphatic rings. The van der Waals surface area contributed by atoms with Gasteiger partial charge in [0.1, 0.15) is 4.21 Å². The van der Waals surface area contributed by atoms with Gasteiger partial charge in [-0.15, -0.1) is 35.3 Å². The van der Waals surface area contributed by atoms with Crippen LogP contribution in [0, 0.1) is 5.41 Å². The Morgan fingerprint density at radius 1 is 1.37 bits per heavy atom. The summed E-state index contributed by atoms with van der Waals surface area (Å²) in [6.07, 6.45) is 1.05.